The molecule has 1 aromatic rings. The third-order valence-corrected chi connectivity index (χ3v) is 4.25. The van der Waals surface area contributed by atoms with Crippen LogP contribution in [0.2, 0.25) is 0 Å². The SMILES string of the molecule is CN=C(NCC1CCOc2ccccc21)NC1CC1C. The number of guanidine groups is 1. The van der Waals surface area contributed by atoms with Crippen LogP contribution in [-0.4, -0.2) is 32.2 Å². The van der Waals surface area contributed by atoms with E-state index in [4.69, 9.17) is 4.74 Å². The molecule has 108 valence electrons. The van der Waals surface area contributed by atoms with Crippen LogP contribution in [-0.2, 0) is 0 Å². The summed E-state index contributed by atoms with van der Waals surface area (Å²) in [6.45, 7) is 3.97. The molecule has 0 saturated heterocycles. The van der Waals surface area contributed by atoms with E-state index in [1.807, 2.05) is 13.1 Å². The van der Waals surface area contributed by atoms with E-state index in [2.05, 4.69) is 40.7 Å². The molecule has 1 aliphatic carbocycles. The number of nitrogens with one attached hydrogen (secondary N) is 2. The van der Waals surface area contributed by atoms with Crippen molar-refractivity contribution in [3.63, 3.8) is 0 Å². The van der Waals surface area contributed by atoms with Crippen LogP contribution in [0.4, 0.5) is 0 Å². The number of ether oxygens (including phenoxy) is 1. The Hall–Kier alpha value is -1.71. The van der Waals surface area contributed by atoms with E-state index in [1.165, 1.54) is 12.0 Å². The molecule has 20 heavy (non-hydrogen) atoms. The lowest BCUT2D eigenvalue weighted by Crippen LogP contribution is -2.41. The maximum atomic E-state index is 5.70. The zero-order chi connectivity index (χ0) is 13.9. The number of nitrogens with zero attached hydrogens (tertiary/aromatic N) is 1. The second-order valence-electron chi connectivity index (χ2n) is 5.79. The Labute approximate surface area is 120 Å². The fourth-order valence-corrected chi connectivity index (χ4v) is 2.74. The van der Waals surface area contributed by atoms with Gasteiger partial charge >= 0.3 is 0 Å². The number of rotatable bonds is 3. The lowest BCUT2D eigenvalue weighted by Gasteiger charge is -2.26. The molecule has 1 saturated carbocycles. The van der Waals surface area contributed by atoms with Crippen LogP contribution >= 0.6 is 0 Å². The molecule has 0 aromatic heterocycles. The summed E-state index contributed by atoms with van der Waals surface area (Å²) in [4.78, 5) is 4.31. The highest BCUT2D eigenvalue weighted by atomic mass is 16.5. The maximum Gasteiger partial charge on any atom is 0.191 e. The van der Waals surface area contributed by atoms with Crippen LogP contribution < -0.4 is 15.4 Å². The van der Waals surface area contributed by atoms with E-state index in [0.29, 0.717) is 12.0 Å². The molecule has 0 bridgehead atoms. The van der Waals surface area contributed by atoms with Gasteiger partial charge in [0.25, 0.3) is 0 Å². The Kier molecular flexibility index (Phi) is 3.81. The first-order chi connectivity index (χ1) is 9.78. The predicted octanol–water partition coefficient (Wildman–Crippen LogP) is 2.13. The van der Waals surface area contributed by atoms with Crippen LogP contribution in [0.3, 0.4) is 0 Å². The molecule has 2 N–H and O–H groups in total. The van der Waals surface area contributed by atoms with Gasteiger partial charge in [-0.2, -0.15) is 0 Å². The number of aliphatic imine (C=N–C) groups is 1. The molecule has 1 aromatic carbocycles. The van der Waals surface area contributed by atoms with Crippen LogP contribution in [0, 0.1) is 5.92 Å². The van der Waals surface area contributed by atoms with Gasteiger partial charge in [0.05, 0.1) is 6.61 Å². The van der Waals surface area contributed by atoms with Gasteiger partial charge in [0, 0.05) is 25.6 Å². The van der Waals surface area contributed by atoms with Gasteiger partial charge < -0.3 is 15.4 Å². The summed E-state index contributed by atoms with van der Waals surface area (Å²) in [5.74, 6) is 3.22. The van der Waals surface area contributed by atoms with Gasteiger partial charge in [0.1, 0.15) is 5.75 Å². The second-order valence-corrected chi connectivity index (χ2v) is 5.79. The molecule has 1 fully saturated rings. The van der Waals surface area contributed by atoms with Crippen molar-refractivity contribution in [3.05, 3.63) is 29.8 Å². The first-order valence-electron chi connectivity index (χ1n) is 7.47. The minimum Gasteiger partial charge on any atom is -0.493 e. The van der Waals surface area contributed by atoms with Crippen molar-refractivity contribution in [2.24, 2.45) is 10.9 Å². The smallest absolute Gasteiger partial charge is 0.191 e. The van der Waals surface area contributed by atoms with E-state index in [0.717, 1.165) is 37.2 Å². The molecular weight excluding hydrogens is 250 g/mol. The first-order valence-corrected chi connectivity index (χ1v) is 7.47. The van der Waals surface area contributed by atoms with Crippen LogP contribution in [0.25, 0.3) is 0 Å². The summed E-state index contributed by atoms with van der Waals surface area (Å²) in [5.41, 5.74) is 1.31. The third-order valence-electron chi connectivity index (χ3n) is 4.25. The highest BCUT2D eigenvalue weighted by molar-refractivity contribution is 5.80. The van der Waals surface area contributed by atoms with Crippen molar-refractivity contribution in [1.29, 1.82) is 0 Å². The Balaban J connectivity index is 1.58. The van der Waals surface area contributed by atoms with E-state index in [-0.39, 0.29) is 0 Å². The van der Waals surface area contributed by atoms with Gasteiger partial charge in [-0.25, -0.2) is 0 Å². The van der Waals surface area contributed by atoms with Crippen molar-refractivity contribution in [2.75, 3.05) is 20.2 Å². The van der Waals surface area contributed by atoms with E-state index < -0.39 is 0 Å². The number of fused-ring (bicyclic) bond motifs is 1. The standard InChI is InChI=1S/C16H23N3O/c1-11-9-14(11)19-16(17-2)18-10-12-7-8-20-15-6-4-3-5-13(12)15/h3-6,11-12,14H,7-10H2,1-2H3,(H2,17,18,19). The summed E-state index contributed by atoms with van der Waals surface area (Å²) in [6.07, 6.45) is 2.31. The average molecular weight is 273 g/mol. The average Bonchev–Trinajstić information content (AvgIpc) is 3.18. The lowest BCUT2D eigenvalue weighted by atomic mass is 9.93. The molecule has 3 rings (SSSR count). The lowest BCUT2D eigenvalue weighted by molar-refractivity contribution is 0.267. The number of para-hydroxylation sites is 1. The summed E-state index contributed by atoms with van der Waals surface area (Å²) < 4.78 is 5.70. The summed E-state index contributed by atoms with van der Waals surface area (Å²) >= 11 is 0. The molecule has 0 spiro atoms. The minimum absolute atomic E-state index is 0.495. The summed E-state index contributed by atoms with van der Waals surface area (Å²) in [7, 11) is 1.83. The largest absolute Gasteiger partial charge is 0.493 e. The van der Waals surface area contributed by atoms with Crippen molar-refractivity contribution < 1.29 is 4.74 Å². The topological polar surface area (TPSA) is 45.7 Å². The van der Waals surface area contributed by atoms with Gasteiger partial charge in [-0.15, -0.1) is 0 Å². The Morgan fingerprint density at radius 1 is 1.40 bits per heavy atom. The molecule has 0 radical (unpaired) electrons. The van der Waals surface area contributed by atoms with E-state index >= 15 is 0 Å². The molecule has 1 aliphatic heterocycles. The van der Waals surface area contributed by atoms with Gasteiger partial charge in [-0.3, -0.25) is 4.99 Å². The quantitative estimate of drug-likeness (QED) is 0.655. The number of hydrogen-bond donors (Lipinski definition) is 2. The minimum atomic E-state index is 0.495. The molecule has 2 aliphatic rings. The molecule has 4 nitrogen and oxygen atoms in total. The fraction of sp³-hybridized carbons (Fsp3) is 0.562. The Morgan fingerprint density at radius 3 is 2.95 bits per heavy atom. The number of benzene rings is 1. The van der Waals surface area contributed by atoms with E-state index in [9.17, 15) is 0 Å². The number of hydrogen-bond acceptors (Lipinski definition) is 2. The monoisotopic (exact) mass is 273 g/mol. The summed E-state index contributed by atoms with van der Waals surface area (Å²) in [6, 6.07) is 8.94. The van der Waals surface area contributed by atoms with Gasteiger partial charge in [0.15, 0.2) is 5.96 Å². The zero-order valence-electron chi connectivity index (χ0n) is 12.2. The molecule has 0 amide bonds. The molecule has 4 heteroatoms. The highest BCUT2D eigenvalue weighted by Crippen LogP contribution is 2.33. The molecular formula is C16H23N3O. The second kappa shape index (κ2) is 5.73. The van der Waals surface area contributed by atoms with Crippen LogP contribution in [0.5, 0.6) is 5.75 Å². The van der Waals surface area contributed by atoms with Crippen molar-refractivity contribution in [2.45, 2.75) is 31.7 Å². The summed E-state index contributed by atoms with van der Waals surface area (Å²) in [5, 5.41) is 6.92. The molecule has 3 atom stereocenters. The third kappa shape index (κ3) is 2.89. The van der Waals surface area contributed by atoms with Gasteiger partial charge in [0.2, 0.25) is 0 Å². The van der Waals surface area contributed by atoms with Gasteiger partial charge in [-0.1, -0.05) is 25.1 Å². The van der Waals surface area contributed by atoms with Crippen molar-refractivity contribution in [3.8, 4) is 5.75 Å². The maximum absolute atomic E-state index is 5.70. The highest BCUT2D eigenvalue weighted by Gasteiger charge is 2.33. The van der Waals surface area contributed by atoms with E-state index in [1.54, 1.807) is 0 Å². The Morgan fingerprint density at radius 2 is 2.20 bits per heavy atom. The van der Waals surface area contributed by atoms with Crippen molar-refractivity contribution in [1.82, 2.24) is 10.6 Å². The van der Waals surface area contributed by atoms with Crippen LogP contribution in [0.1, 0.15) is 31.2 Å². The fourth-order valence-electron chi connectivity index (χ4n) is 2.74. The first kappa shape index (κ1) is 13.3. The zero-order valence-corrected chi connectivity index (χ0v) is 12.2. The van der Waals surface area contributed by atoms with Crippen molar-refractivity contribution >= 4 is 5.96 Å². The Bertz CT molecular complexity index is 500. The molecule has 3 unspecified atom stereocenters. The normalized spacial score (nSPS) is 28.3. The molecule has 1 heterocycles. The van der Waals surface area contributed by atoms with Crippen LogP contribution in [0.15, 0.2) is 29.3 Å². The van der Waals surface area contributed by atoms with Gasteiger partial charge in [-0.05, 0) is 30.4 Å². The predicted molar refractivity (Wildman–Crippen MR) is 81.4 cm³/mol.